The number of rotatable bonds is 2. The van der Waals surface area contributed by atoms with Crippen LogP contribution >= 0.6 is 12.2 Å². The standard InChI is InChI=1S/C10H10N6OS/c17-9(8-11-6-12-14-8)15-16-10(18)13-7-4-2-1-3-5-7/h1-6H,(H,15,17)(H,11,12,14)(H2,13,16,18). The van der Waals surface area contributed by atoms with Gasteiger partial charge in [0, 0.05) is 5.69 Å². The molecule has 2 rings (SSSR count). The van der Waals surface area contributed by atoms with Crippen molar-refractivity contribution in [2.24, 2.45) is 0 Å². The van der Waals surface area contributed by atoms with Crippen molar-refractivity contribution in [1.82, 2.24) is 26.0 Å². The molecule has 1 heterocycles. The molecule has 92 valence electrons. The highest BCUT2D eigenvalue weighted by atomic mass is 32.1. The zero-order valence-corrected chi connectivity index (χ0v) is 9.99. The second-order valence-corrected chi connectivity index (χ2v) is 3.64. The largest absolute Gasteiger partial charge is 0.331 e. The number of para-hydroxylation sites is 1. The first kappa shape index (κ1) is 12.0. The van der Waals surface area contributed by atoms with Gasteiger partial charge in [-0.15, -0.1) is 0 Å². The van der Waals surface area contributed by atoms with Crippen LogP contribution < -0.4 is 16.2 Å². The van der Waals surface area contributed by atoms with E-state index >= 15 is 0 Å². The zero-order valence-electron chi connectivity index (χ0n) is 9.18. The molecule has 0 aliphatic heterocycles. The van der Waals surface area contributed by atoms with E-state index in [0.29, 0.717) is 0 Å². The molecule has 0 spiro atoms. The molecule has 1 aromatic heterocycles. The summed E-state index contributed by atoms with van der Waals surface area (Å²) >= 11 is 5.00. The lowest BCUT2D eigenvalue weighted by molar-refractivity contribution is 0.0934. The molecule has 18 heavy (non-hydrogen) atoms. The highest BCUT2D eigenvalue weighted by Crippen LogP contribution is 2.03. The number of carbonyl (C=O) groups excluding carboxylic acids is 1. The van der Waals surface area contributed by atoms with Gasteiger partial charge in [0.2, 0.25) is 5.82 Å². The van der Waals surface area contributed by atoms with Gasteiger partial charge < -0.3 is 5.32 Å². The second kappa shape index (κ2) is 5.73. The molecule has 0 aliphatic rings. The quantitative estimate of drug-likeness (QED) is 0.463. The van der Waals surface area contributed by atoms with Gasteiger partial charge in [0.1, 0.15) is 6.33 Å². The van der Waals surface area contributed by atoms with Gasteiger partial charge >= 0.3 is 5.91 Å². The molecule has 0 bridgehead atoms. The molecule has 7 nitrogen and oxygen atoms in total. The summed E-state index contributed by atoms with van der Waals surface area (Å²) in [6, 6.07) is 9.35. The van der Waals surface area contributed by atoms with Gasteiger partial charge in [0.05, 0.1) is 0 Å². The highest BCUT2D eigenvalue weighted by Gasteiger charge is 2.07. The van der Waals surface area contributed by atoms with Gasteiger partial charge in [-0.1, -0.05) is 18.2 Å². The predicted octanol–water partition coefficient (Wildman–Crippen LogP) is 0.436. The molecular weight excluding hydrogens is 252 g/mol. The zero-order chi connectivity index (χ0) is 12.8. The summed E-state index contributed by atoms with van der Waals surface area (Å²) in [7, 11) is 0. The van der Waals surface area contributed by atoms with Crippen LogP contribution in [0.25, 0.3) is 0 Å². The Bertz CT molecular complexity index is 527. The topological polar surface area (TPSA) is 94.7 Å². The van der Waals surface area contributed by atoms with Gasteiger partial charge in [0.25, 0.3) is 0 Å². The van der Waals surface area contributed by atoms with Crippen LogP contribution in [0.5, 0.6) is 0 Å². The Morgan fingerprint density at radius 2 is 2.00 bits per heavy atom. The molecular formula is C10H10N6OS. The number of hydrogen-bond donors (Lipinski definition) is 4. The maximum absolute atomic E-state index is 11.5. The van der Waals surface area contributed by atoms with E-state index in [1.807, 2.05) is 30.3 Å². The van der Waals surface area contributed by atoms with Gasteiger partial charge in [0.15, 0.2) is 5.11 Å². The Morgan fingerprint density at radius 1 is 1.22 bits per heavy atom. The average Bonchev–Trinajstić information content (AvgIpc) is 2.91. The number of hydrazine groups is 1. The monoisotopic (exact) mass is 262 g/mol. The molecule has 0 saturated carbocycles. The maximum atomic E-state index is 11.5. The number of benzene rings is 1. The number of amides is 1. The number of nitrogens with zero attached hydrogens (tertiary/aromatic N) is 2. The fraction of sp³-hybridized carbons (Fsp3) is 0. The minimum atomic E-state index is -0.454. The van der Waals surface area contributed by atoms with Crippen LogP contribution in [0, 0.1) is 0 Å². The van der Waals surface area contributed by atoms with Crippen molar-refractivity contribution < 1.29 is 4.79 Å². The number of aromatic nitrogens is 3. The first-order valence-electron chi connectivity index (χ1n) is 5.03. The third kappa shape index (κ3) is 3.25. The van der Waals surface area contributed by atoms with Crippen LogP contribution in [-0.4, -0.2) is 26.2 Å². The minimum absolute atomic E-state index is 0.102. The van der Waals surface area contributed by atoms with E-state index in [2.05, 4.69) is 31.3 Å². The van der Waals surface area contributed by atoms with Crippen LogP contribution in [0.4, 0.5) is 5.69 Å². The maximum Gasteiger partial charge on any atom is 0.306 e. The van der Waals surface area contributed by atoms with Crippen molar-refractivity contribution in [3.05, 3.63) is 42.5 Å². The lowest BCUT2D eigenvalue weighted by atomic mass is 10.3. The number of H-pyrrole nitrogens is 1. The number of carbonyl (C=O) groups is 1. The smallest absolute Gasteiger partial charge is 0.306 e. The van der Waals surface area contributed by atoms with Crippen molar-refractivity contribution in [1.29, 1.82) is 0 Å². The molecule has 0 atom stereocenters. The lowest BCUT2D eigenvalue weighted by Gasteiger charge is -2.10. The van der Waals surface area contributed by atoms with Crippen LogP contribution in [0.15, 0.2) is 36.7 Å². The molecule has 0 aliphatic carbocycles. The van der Waals surface area contributed by atoms with Crippen LogP contribution in [0.1, 0.15) is 10.6 Å². The summed E-state index contributed by atoms with van der Waals surface area (Å²) in [5.41, 5.74) is 5.75. The normalized spacial score (nSPS) is 9.56. The van der Waals surface area contributed by atoms with Crippen molar-refractivity contribution in [3.8, 4) is 0 Å². The van der Waals surface area contributed by atoms with Crippen molar-refractivity contribution >= 4 is 28.9 Å². The Morgan fingerprint density at radius 3 is 2.67 bits per heavy atom. The number of aromatic amines is 1. The summed E-state index contributed by atoms with van der Waals surface area (Å²) in [4.78, 5) is 15.2. The Labute approximate surface area is 108 Å². The van der Waals surface area contributed by atoms with E-state index in [4.69, 9.17) is 12.2 Å². The molecule has 0 saturated heterocycles. The van der Waals surface area contributed by atoms with Gasteiger partial charge in [-0.05, 0) is 24.4 Å². The summed E-state index contributed by atoms with van der Waals surface area (Å²) in [5, 5.41) is 9.17. The van der Waals surface area contributed by atoms with Crippen LogP contribution in [-0.2, 0) is 0 Å². The Kier molecular flexibility index (Phi) is 3.82. The summed E-state index contributed by atoms with van der Waals surface area (Å²) < 4.78 is 0. The first-order chi connectivity index (χ1) is 8.75. The fourth-order valence-electron chi connectivity index (χ4n) is 1.17. The highest BCUT2D eigenvalue weighted by molar-refractivity contribution is 7.80. The molecule has 8 heteroatoms. The third-order valence-corrected chi connectivity index (χ3v) is 2.16. The summed E-state index contributed by atoms with van der Waals surface area (Å²) in [6.45, 7) is 0. The van der Waals surface area contributed by atoms with Crippen molar-refractivity contribution in [2.75, 3.05) is 5.32 Å². The van der Waals surface area contributed by atoms with Gasteiger partial charge in [-0.25, -0.2) is 4.98 Å². The van der Waals surface area contributed by atoms with E-state index in [1.54, 1.807) is 0 Å². The average molecular weight is 262 g/mol. The lowest BCUT2D eigenvalue weighted by Crippen LogP contribution is -2.44. The van der Waals surface area contributed by atoms with E-state index in [1.165, 1.54) is 6.33 Å². The molecule has 1 aromatic carbocycles. The van der Waals surface area contributed by atoms with E-state index < -0.39 is 5.91 Å². The third-order valence-electron chi connectivity index (χ3n) is 1.95. The second-order valence-electron chi connectivity index (χ2n) is 3.23. The van der Waals surface area contributed by atoms with Crippen molar-refractivity contribution in [2.45, 2.75) is 0 Å². The predicted molar refractivity (Wildman–Crippen MR) is 69.6 cm³/mol. The van der Waals surface area contributed by atoms with Crippen LogP contribution in [0.2, 0.25) is 0 Å². The van der Waals surface area contributed by atoms with Gasteiger partial charge in [-0.3, -0.25) is 20.7 Å². The number of hydrogen-bond acceptors (Lipinski definition) is 4. The van der Waals surface area contributed by atoms with Crippen molar-refractivity contribution in [3.63, 3.8) is 0 Å². The fourth-order valence-corrected chi connectivity index (χ4v) is 1.34. The molecule has 0 radical (unpaired) electrons. The molecule has 4 N–H and O–H groups in total. The minimum Gasteiger partial charge on any atom is -0.331 e. The Hall–Kier alpha value is -2.48. The van der Waals surface area contributed by atoms with E-state index in [9.17, 15) is 4.79 Å². The van der Waals surface area contributed by atoms with E-state index in [-0.39, 0.29) is 10.9 Å². The first-order valence-corrected chi connectivity index (χ1v) is 5.44. The molecule has 0 unspecified atom stereocenters. The number of anilines is 1. The Balaban J connectivity index is 1.80. The summed E-state index contributed by atoms with van der Waals surface area (Å²) in [6.07, 6.45) is 1.25. The molecule has 0 fully saturated rings. The SMILES string of the molecule is O=C(NNC(=S)Nc1ccccc1)c1ncn[nH]1. The molecule has 2 aromatic rings. The van der Waals surface area contributed by atoms with Gasteiger partial charge in [-0.2, -0.15) is 5.10 Å². The number of thiocarbonyl (C=S) groups is 1. The molecule has 1 amide bonds. The summed E-state index contributed by atoms with van der Waals surface area (Å²) in [5.74, 6) is -0.352. The van der Waals surface area contributed by atoms with E-state index in [0.717, 1.165) is 5.69 Å². The van der Waals surface area contributed by atoms with Crippen LogP contribution in [0.3, 0.4) is 0 Å². The number of nitrogens with one attached hydrogen (secondary N) is 4.